The van der Waals surface area contributed by atoms with Crippen LogP contribution in [-0.4, -0.2) is 51.6 Å². The quantitative estimate of drug-likeness (QED) is 0.483. The molecule has 1 heterocycles. The molecular weight excluding hydrogens is 374 g/mol. The largest absolute Gasteiger partial charge is 0.497 e. The fourth-order valence-electron chi connectivity index (χ4n) is 2.83. The van der Waals surface area contributed by atoms with Crippen molar-refractivity contribution in [3.63, 3.8) is 0 Å². The molecule has 0 saturated heterocycles. The van der Waals surface area contributed by atoms with Crippen molar-refractivity contribution in [3.8, 4) is 5.75 Å². The van der Waals surface area contributed by atoms with Crippen molar-refractivity contribution >= 4 is 17.7 Å². The monoisotopic (exact) mass is 405 g/mol. The Kier molecular flexibility index (Phi) is 8.17. The molecule has 0 saturated carbocycles. The number of thioether (sulfide) groups is 1. The third-order valence-corrected chi connectivity index (χ3v) is 5.03. The maximum atomic E-state index is 12.7. The van der Waals surface area contributed by atoms with Gasteiger partial charge in [-0.3, -0.25) is 4.79 Å². The minimum Gasteiger partial charge on any atom is -0.497 e. The predicted octanol–water partition coefficient (Wildman–Crippen LogP) is 2.82. The predicted molar refractivity (Wildman–Crippen MR) is 113 cm³/mol. The van der Waals surface area contributed by atoms with Gasteiger partial charge in [0, 0.05) is 19.5 Å². The highest BCUT2D eigenvalue weighted by atomic mass is 32.2. The second-order valence-corrected chi connectivity index (χ2v) is 8.61. The Morgan fingerprint density at radius 2 is 1.75 bits per heavy atom. The highest BCUT2D eigenvalue weighted by Crippen LogP contribution is 2.19. The van der Waals surface area contributed by atoms with Crippen molar-refractivity contribution < 1.29 is 9.53 Å². The fraction of sp³-hybridized carbons (Fsp3) is 0.550. The van der Waals surface area contributed by atoms with Crippen molar-refractivity contribution in [2.75, 3.05) is 31.8 Å². The number of aromatic nitrogens is 3. The summed E-state index contributed by atoms with van der Waals surface area (Å²) < 4.78 is 6.64. The smallest absolute Gasteiger partial charge is 0.233 e. The molecule has 0 fully saturated rings. The van der Waals surface area contributed by atoms with Gasteiger partial charge in [-0.2, -0.15) is 0 Å². The number of hydrogen-bond acceptors (Lipinski definition) is 6. The topological polar surface area (TPSA) is 86.3 Å². The lowest BCUT2D eigenvalue weighted by atomic mass is 10.1. The van der Waals surface area contributed by atoms with Crippen LogP contribution in [0.25, 0.3) is 0 Å². The van der Waals surface area contributed by atoms with E-state index in [0.717, 1.165) is 24.4 Å². The third kappa shape index (κ3) is 6.44. The van der Waals surface area contributed by atoms with Gasteiger partial charge in [0.25, 0.3) is 0 Å². The Labute approximate surface area is 171 Å². The molecule has 154 valence electrons. The van der Waals surface area contributed by atoms with Crippen LogP contribution in [0.2, 0.25) is 0 Å². The number of methoxy groups -OCH3 is 1. The zero-order valence-electron chi connectivity index (χ0n) is 17.4. The van der Waals surface area contributed by atoms with Crippen molar-refractivity contribution in [1.29, 1.82) is 0 Å². The van der Waals surface area contributed by atoms with E-state index in [2.05, 4.69) is 37.9 Å². The molecule has 0 bridgehead atoms. The first kappa shape index (κ1) is 22.1. The van der Waals surface area contributed by atoms with Crippen LogP contribution >= 0.6 is 11.8 Å². The van der Waals surface area contributed by atoms with Gasteiger partial charge in [0.1, 0.15) is 5.75 Å². The normalized spacial score (nSPS) is 11.2. The van der Waals surface area contributed by atoms with Crippen LogP contribution in [0, 0.1) is 11.8 Å². The molecule has 2 aromatic rings. The van der Waals surface area contributed by atoms with Gasteiger partial charge in [-0.05, 0) is 29.5 Å². The van der Waals surface area contributed by atoms with Crippen molar-refractivity contribution in [1.82, 2.24) is 19.8 Å². The van der Waals surface area contributed by atoms with Crippen LogP contribution in [0.4, 0.5) is 0 Å². The van der Waals surface area contributed by atoms with E-state index in [9.17, 15) is 4.79 Å². The Bertz CT molecular complexity index is 748. The van der Waals surface area contributed by atoms with Gasteiger partial charge in [0.15, 0.2) is 5.82 Å². The molecule has 2 N–H and O–H groups in total. The van der Waals surface area contributed by atoms with Crippen molar-refractivity contribution in [2.45, 2.75) is 39.3 Å². The molecule has 28 heavy (non-hydrogen) atoms. The van der Waals surface area contributed by atoms with E-state index in [4.69, 9.17) is 10.6 Å². The highest BCUT2D eigenvalue weighted by molar-refractivity contribution is 7.99. The standard InChI is InChI=1S/C20H31N5O2S/c1-14(2)11-24(12-15(3)4)19(26)13-28-20-23-22-18(25(20)21)10-16-6-8-17(27-5)9-7-16/h6-9,14-15H,10-13,21H2,1-5H3. The first-order chi connectivity index (χ1) is 13.3. The van der Waals surface area contributed by atoms with Gasteiger partial charge in [-0.25, -0.2) is 4.68 Å². The summed E-state index contributed by atoms with van der Waals surface area (Å²) in [5.41, 5.74) is 1.06. The van der Waals surface area contributed by atoms with Gasteiger partial charge < -0.3 is 15.5 Å². The zero-order chi connectivity index (χ0) is 20.7. The molecule has 1 aromatic heterocycles. The number of carbonyl (C=O) groups excluding carboxylic acids is 1. The minimum atomic E-state index is 0.104. The lowest BCUT2D eigenvalue weighted by molar-refractivity contribution is -0.129. The van der Waals surface area contributed by atoms with Crippen LogP contribution < -0.4 is 10.6 Å². The number of nitrogens with zero attached hydrogens (tertiary/aromatic N) is 4. The van der Waals surface area contributed by atoms with Gasteiger partial charge in [0.05, 0.1) is 12.9 Å². The van der Waals surface area contributed by atoms with Crippen LogP contribution in [0.1, 0.15) is 39.1 Å². The van der Waals surface area contributed by atoms with Crippen molar-refractivity contribution in [3.05, 3.63) is 35.7 Å². The van der Waals surface area contributed by atoms with E-state index < -0.39 is 0 Å². The molecule has 0 atom stereocenters. The number of benzene rings is 1. The molecule has 0 spiro atoms. The van der Waals surface area contributed by atoms with Crippen LogP contribution in [0.15, 0.2) is 29.4 Å². The molecule has 1 aromatic carbocycles. The SMILES string of the molecule is COc1ccc(Cc2nnc(SCC(=O)N(CC(C)C)CC(C)C)n2N)cc1. The summed E-state index contributed by atoms with van der Waals surface area (Å²) in [6.07, 6.45) is 0.564. The molecule has 7 nitrogen and oxygen atoms in total. The summed E-state index contributed by atoms with van der Waals surface area (Å²) in [7, 11) is 1.64. The van der Waals surface area contributed by atoms with Crippen LogP contribution in [0.3, 0.4) is 0 Å². The summed E-state index contributed by atoms with van der Waals surface area (Å²) in [6, 6.07) is 7.75. The van der Waals surface area contributed by atoms with E-state index in [1.165, 1.54) is 16.4 Å². The second kappa shape index (κ2) is 10.4. The average Bonchev–Trinajstić information content (AvgIpc) is 2.99. The number of nitrogens with two attached hydrogens (primary N) is 1. The second-order valence-electron chi connectivity index (χ2n) is 7.67. The molecule has 0 aliphatic rings. The summed E-state index contributed by atoms with van der Waals surface area (Å²) in [4.78, 5) is 14.6. The highest BCUT2D eigenvalue weighted by Gasteiger charge is 2.18. The van der Waals surface area contributed by atoms with Gasteiger partial charge in [0.2, 0.25) is 11.1 Å². The van der Waals surface area contributed by atoms with Gasteiger partial charge >= 0.3 is 0 Å². The van der Waals surface area contributed by atoms with E-state index in [1.54, 1.807) is 7.11 Å². The van der Waals surface area contributed by atoms with E-state index in [0.29, 0.717) is 35.0 Å². The number of carbonyl (C=O) groups is 1. The fourth-order valence-corrected chi connectivity index (χ4v) is 3.61. The number of nitrogen functional groups attached to an aromatic ring is 1. The first-order valence-electron chi connectivity index (χ1n) is 9.53. The Morgan fingerprint density at radius 1 is 1.14 bits per heavy atom. The number of rotatable bonds is 10. The first-order valence-corrected chi connectivity index (χ1v) is 10.5. The van der Waals surface area contributed by atoms with Gasteiger partial charge in [-0.1, -0.05) is 51.6 Å². The summed E-state index contributed by atoms with van der Waals surface area (Å²) >= 11 is 1.33. The van der Waals surface area contributed by atoms with Crippen molar-refractivity contribution in [2.24, 2.45) is 11.8 Å². The Balaban J connectivity index is 1.97. The van der Waals surface area contributed by atoms with Crippen LogP contribution in [-0.2, 0) is 11.2 Å². The van der Waals surface area contributed by atoms with Gasteiger partial charge in [-0.15, -0.1) is 10.2 Å². The number of hydrogen-bond donors (Lipinski definition) is 1. The van der Waals surface area contributed by atoms with E-state index in [1.807, 2.05) is 29.2 Å². The summed E-state index contributed by atoms with van der Waals surface area (Å²) in [5.74, 6) is 8.88. The molecule has 0 radical (unpaired) electrons. The maximum Gasteiger partial charge on any atom is 0.233 e. The third-order valence-electron chi connectivity index (χ3n) is 4.10. The molecule has 1 amide bonds. The molecule has 8 heteroatoms. The molecule has 0 unspecified atom stereocenters. The van der Waals surface area contributed by atoms with E-state index in [-0.39, 0.29) is 5.91 Å². The maximum absolute atomic E-state index is 12.7. The number of amides is 1. The zero-order valence-corrected chi connectivity index (χ0v) is 18.2. The minimum absolute atomic E-state index is 0.104. The summed E-state index contributed by atoms with van der Waals surface area (Å²) in [5, 5.41) is 8.89. The lowest BCUT2D eigenvalue weighted by Gasteiger charge is -2.26. The Morgan fingerprint density at radius 3 is 2.29 bits per heavy atom. The van der Waals surface area contributed by atoms with E-state index >= 15 is 0 Å². The van der Waals surface area contributed by atoms with Crippen LogP contribution in [0.5, 0.6) is 5.75 Å². The molecular formula is C20H31N5O2S. The average molecular weight is 406 g/mol. The lowest BCUT2D eigenvalue weighted by Crippen LogP contribution is -2.38. The molecule has 0 aliphatic carbocycles. The Hall–Kier alpha value is -2.22. The molecule has 2 rings (SSSR count). The summed E-state index contributed by atoms with van der Waals surface area (Å²) in [6.45, 7) is 10.0. The number of ether oxygens (including phenoxy) is 1. The molecule has 0 aliphatic heterocycles.